The molecule has 0 radical (unpaired) electrons. The Hall–Kier alpha value is -2.61. The third-order valence-corrected chi connectivity index (χ3v) is 6.65. The van der Waals surface area contributed by atoms with Gasteiger partial charge < -0.3 is 4.74 Å². The predicted octanol–water partition coefficient (Wildman–Crippen LogP) is 6.53. The molecule has 0 aromatic heterocycles. The predicted molar refractivity (Wildman–Crippen MR) is 131 cm³/mol. The first-order chi connectivity index (χ1) is 15.0. The first kappa shape index (κ1) is 21.6. The van der Waals surface area contributed by atoms with Crippen LogP contribution in [0.15, 0.2) is 82.6 Å². The highest BCUT2D eigenvalue weighted by molar-refractivity contribution is 8.27. The number of amides is 1. The van der Waals surface area contributed by atoms with Gasteiger partial charge in [-0.3, -0.25) is 9.69 Å². The van der Waals surface area contributed by atoms with E-state index in [0.717, 1.165) is 21.7 Å². The monoisotopic (exact) mass is 467 g/mol. The molecule has 0 saturated carbocycles. The highest BCUT2D eigenvalue weighted by Gasteiger charge is 2.33. The molecule has 0 atom stereocenters. The minimum absolute atomic E-state index is 0.151. The topological polar surface area (TPSA) is 29.5 Å². The van der Waals surface area contributed by atoms with E-state index in [4.69, 9.17) is 17.0 Å². The van der Waals surface area contributed by atoms with Crippen molar-refractivity contribution in [2.24, 2.45) is 0 Å². The third kappa shape index (κ3) is 5.01. The van der Waals surface area contributed by atoms with Crippen molar-refractivity contribution in [3.63, 3.8) is 0 Å². The van der Waals surface area contributed by atoms with Crippen molar-refractivity contribution in [3.8, 4) is 5.75 Å². The average molecular weight is 468 g/mol. The molecule has 1 amide bonds. The number of benzene rings is 3. The largest absolute Gasteiger partial charge is 0.488 e. The fourth-order valence-electron chi connectivity index (χ4n) is 3.05. The van der Waals surface area contributed by atoms with Crippen LogP contribution < -0.4 is 9.64 Å². The lowest BCUT2D eigenvalue weighted by Crippen LogP contribution is -2.27. The van der Waals surface area contributed by atoms with E-state index in [1.54, 1.807) is 34.9 Å². The van der Waals surface area contributed by atoms with E-state index in [2.05, 4.69) is 0 Å². The number of carbonyl (C=O) groups excluding carboxylic acids is 1. The van der Waals surface area contributed by atoms with Gasteiger partial charge in [0.2, 0.25) is 0 Å². The minimum Gasteiger partial charge on any atom is -0.488 e. The molecule has 1 fully saturated rings. The molecule has 3 nitrogen and oxygen atoms in total. The van der Waals surface area contributed by atoms with Gasteiger partial charge in [-0.1, -0.05) is 60.4 Å². The van der Waals surface area contributed by atoms with Gasteiger partial charge in [0, 0.05) is 10.5 Å². The average Bonchev–Trinajstić information content (AvgIpc) is 3.07. The van der Waals surface area contributed by atoms with Crippen molar-refractivity contribution in [2.45, 2.75) is 11.5 Å². The van der Waals surface area contributed by atoms with Crippen LogP contribution in [0.2, 0.25) is 0 Å². The lowest BCUT2D eigenvalue weighted by atomic mass is 10.1. The zero-order chi connectivity index (χ0) is 21.8. The van der Waals surface area contributed by atoms with Gasteiger partial charge in [-0.05, 0) is 54.3 Å². The van der Waals surface area contributed by atoms with Gasteiger partial charge in [0.1, 0.15) is 18.2 Å². The molecule has 7 heteroatoms. The number of anilines is 1. The molecule has 0 N–H and O–H groups in total. The van der Waals surface area contributed by atoms with E-state index in [-0.39, 0.29) is 11.7 Å². The van der Waals surface area contributed by atoms with Gasteiger partial charge in [0.15, 0.2) is 4.32 Å². The molecule has 0 bridgehead atoms. The summed E-state index contributed by atoms with van der Waals surface area (Å²) in [7, 11) is 0. The van der Waals surface area contributed by atoms with E-state index in [0.29, 0.717) is 21.6 Å². The Labute approximate surface area is 194 Å². The van der Waals surface area contributed by atoms with Crippen molar-refractivity contribution in [2.75, 3.05) is 11.2 Å². The normalized spacial score (nSPS) is 15.0. The zero-order valence-corrected chi connectivity index (χ0v) is 19.0. The summed E-state index contributed by atoms with van der Waals surface area (Å²) in [6.07, 6.45) is 3.80. The number of ether oxygens (including phenoxy) is 1. The maximum absolute atomic E-state index is 13.1. The van der Waals surface area contributed by atoms with E-state index >= 15 is 0 Å². The van der Waals surface area contributed by atoms with Gasteiger partial charge in [-0.2, -0.15) is 0 Å². The molecule has 0 aliphatic carbocycles. The number of carbonyl (C=O) groups is 1. The van der Waals surface area contributed by atoms with E-state index < -0.39 is 0 Å². The van der Waals surface area contributed by atoms with Crippen LogP contribution in [0.3, 0.4) is 0 Å². The van der Waals surface area contributed by atoms with Gasteiger partial charge >= 0.3 is 0 Å². The van der Waals surface area contributed by atoms with Crippen LogP contribution in [0.25, 0.3) is 6.08 Å². The standard InChI is InChI=1S/C24H18FNO2S3/c1-30-20-7-4-6-19(14-20)26-23(27)22(31-24(26)29)13-17-5-2-3-8-21(17)28-15-16-9-11-18(25)12-10-16/h2-14H,15H2,1H3/b22-13-. The Balaban J connectivity index is 1.56. The molecule has 4 rings (SSSR count). The maximum Gasteiger partial charge on any atom is 0.270 e. The number of hydrogen-bond donors (Lipinski definition) is 0. The smallest absolute Gasteiger partial charge is 0.270 e. The second-order valence-electron chi connectivity index (χ2n) is 6.67. The molecule has 1 heterocycles. The Bertz CT molecular complexity index is 1160. The summed E-state index contributed by atoms with van der Waals surface area (Å²) in [5.41, 5.74) is 2.40. The van der Waals surface area contributed by atoms with Crippen LogP contribution in [0.5, 0.6) is 5.75 Å². The third-order valence-electron chi connectivity index (χ3n) is 4.62. The fraction of sp³-hybridized carbons (Fsp3) is 0.0833. The van der Waals surface area contributed by atoms with Crippen LogP contribution in [0.4, 0.5) is 10.1 Å². The molecular weight excluding hydrogens is 449 g/mol. The summed E-state index contributed by atoms with van der Waals surface area (Å²) < 4.78 is 19.5. The van der Waals surface area contributed by atoms with Crippen molar-refractivity contribution >= 4 is 57.7 Å². The highest BCUT2D eigenvalue weighted by Crippen LogP contribution is 2.38. The molecule has 1 aliphatic rings. The van der Waals surface area contributed by atoms with Crippen LogP contribution in [0.1, 0.15) is 11.1 Å². The van der Waals surface area contributed by atoms with E-state index in [1.807, 2.05) is 54.8 Å². The highest BCUT2D eigenvalue weighted by atomic mass is 32.2. The van der Waals surface area contributed by atoms with Crippen molar-refractivity contribution < 1.29 is 13.9 Å². The molecule has 31 heavy (non-hydrogen) atoms. The second-order valence-corrected chi connectivity index (χ2v) is 9.23. The Morgan fingerprint density at radius 1 is 1.10 bits per heavy atom. The molecule has 3 aromatic rings. The second kappa shape index (κ2) is 9.68. The van der Waals surface area contributed by atoms with Gasteiger partial charge in [-0.15, -0.1) is 11.8 Å². The van der Waals surface area contributed by atoms with Gasteiger partial charge in [0.25, 0.3) is 5.91 Å². The Morgan fingerprint density at radius 3 is 2.65 bits per heavy atom. The number of rotatable bonds is 6. The number of hydrogen-bond acceptors (Lipinski definition) is 5. The van der Waals surface area contributed by atoms with E-state index in [9.17, 15) is 9.18 Å². The number of nitrogens with zero attached hydrogens (tertiary/aromatic N) is 1. The fourth-order valence-corrected chi connectivity index (χ4v) is 4.80. The van der Waals surface area contributed by atoms with Crippen LogP contribution in [-0.2, 0) is 11.4 Å². The first-order valence-electron chi connectivity index (χ1n) is 9.43. The number of thiocarbonyl (C=S) groups is 1. The Kier molecular flexibility index (Phi) is 6.75. The molecule has 0 spiro atoms. The van der Waals surface area contributed by atoms with Crippen molar-refractivity contribution in [3.05, 3.63) is 94.6 Å². The van der Waals surface area contributed by atoms with Gasteiger partial charge in [-0.25, -0.2) is 4.39 Å². The molecule has 0 unspecified atom stereocenters. The molecule has 3 aromatic carbocycles. The first-order valence-corrected chi connectivity index (χ1v) is 11.9. The van der Waals surface area contributed by atoms with Crippen LogP contribution >= 0.6 is 35.7 Å². The number of halogens is 1. The van der Waals surface area contributed by atoms with Crippen LogP contribution in [-0.4, -0.2) is 16.5 Å². The molecular formula is C24H18FNO2S3. The number of para-hydroxylation sites is 1. The van der Waals surface area contributed by atoms with Crippen molar-refractivity contribution in [1.82, 2.24) is 0 Å². The summed E-state index contributed by atoms with van der Waals surface area (Å²) in [5.74, 6) is 0.206. The number of thioether (sulfide) groups is 2. The molecule has 156 valence electrons. The maximum atomic E-state index is 13.1. The van der Waals surface area contributed by atoms with E-state index in [1.165, 1.54) is 23.9 Å². The summed E-state index contributed by atoms with van der Waals surface area (Å²) >= 11 is 8.38. The summed E-state index contributed by atoms with van der Waals surface area (Å²) in [4.78, 5) is 16.3. The molecule has 1 aliphatic heterocycles. The SMILES string of the molecule is CSc1cccc(N2C(=O)/C(=C/c3ccccc3OCc3ccc(F)cc3)SC2=S)c1. The van der Waals surface area contributed by atoms with Crippen molar-refractivity contribution in [1.29, 1.82) is 0 Å². The summed E-state index contributed by atoms with van der Waals surface area (Å²) in [6.45, 7) is 0.299. The minimum atomic E-state index is -0.283. The zero-order valence-electron chi connectivity index (χ0n) is 16.6. The Morgan fingerprint density at radius 2 is 1.87 bits per heavy atom. The summed E-state index contributed by atoms with van der Waals surface area (Å²) in [5, 5.41) is 0. The van der Waals surface area contributed by atoms with Gasteiger partial charge in [0.05, 0.1) is 10.6 Å². The summed E-state index contributed by atoms with van der Waals surface area (Å²) in [6, 6.07) is 21.4. The molecule has 1 saturated heterocycles. The lowest BCUT2D eigenvalue weighted by molar-refractivity contribution is -0.113. The quantitative estimate of drug-likeness (QED) is 0.234. The van der Waals surface area contributed by atoms with Crippen LogP contribution in [0, 0.1) is 5.82 Å². The lowest BCUT2D eigenvalue weighted by Gasteiger charge is -2.15.